The molecule has 0 saturated heterocycles. The third-order valence-corrected chi connectivity index (χ3v) is 6.49. The van der Waals surface area contributed by atoms with E-state index in [0.29, 0.717) is 35.2 Å². The lowest BCUT2D eigenvalue weighted by Crippen LogP contribution is -2.27. The second kappa shape index (κ2) is 12.1. The zero-order valence-corrected chi connectivity index (χ0v) is 23.6. The number of nitrogens with one attached hydrogen (secondary N) is 2. The fourth-order valence-corrected chi connectivity index (χ4v) is 4.53. The van der Waals surface area contributed by atoms with Crippen molar-refractivity contribution < 1.29 is 19.1 Å². The van der Waals surface area contributed by atoms with E-state index in [1.54, 1.807) is 0 Å². The van der Waals surface area contributed by atoms with Gasteiger partial charge in [0.05, 0.1) is 12.3 Å². The van der Waals surface area contributed by atoms with Crippen molar-refractivity contribution in [2.24, 2.45) is 0 Å². The van der Waals surface area contributed by atoms with Crippen molar-refractivity contribution in [3.63, 3.8) is 0 Å². The summed E-state index contributed by atoms with van der Waals surface area (Å²) in [6, 6.07) is 21.3. The van der Waals surface area contributed by atoms with E-state index in [0.717, 1.165) is 22.4 Å². The lowest BCUT2D eigenvalue weighted by Gasteiger charge is -2.18. The van der Waals surface area contributed by atoms with Gasteiger partial charge in [0.15, 0.2) is 5.13 Å². The number of ether oxygens (including phenoxy) is 2. The number of nitrogens with zero attached hydrogens (tertiary/aromatic N) is 1. The molecule has 8 heteroatoms. The molecular weight excluding hydrogens is 510 g/mol. The number of benzene rings is 3. The summed E-state index contributed by atoms with van der Waals surface area (Å²) >= 11 is 1.34. The molecule has 0 aliphatic heterocycles. The van der Waals surface area contributed by atoms with Gasteiger partial charge in [0.2, 0.25) is 0 Å². The minimum Gasteiger partial charge on any atom is -0.493 e. The van der Waals surface area contributed by atoms with Crippen LogP contribution in [0, 0.1) is 13.8 Å². The van der Waals surface area contributed by atoms with Crippen LogP contribution < -0.4 is 15.4 Å². The van der Waals surface area contributed by atoms with Crippen LogP contribution in [0.4, 0.5) is 15.6 Å². The summed E-state index contributed by atoms with van der Waals surface area (Å²) in [5.74, 6) is 0.518. The smallest absolute Gasteiger partial charge is 0.413 e. The maximum atomic E-state index is 13.2. The van der Waals surface area contributed by atoms with Gasteiger partial charge in [-0.3, -0.25) is 10.1 Å². The third kappa shape index (κ3) is 8.15. The van der Waals surface area contributed by atoms with Gasteiger partial charge in [0.1, 0.15) is 11.4 Å². The fraction of sp³-hybridized carbons (Fsp3) is 0.258. The second-order valence-corrected chi connectivity index (χ2v) is 11.1. The lowest BCUT2D eigenvalue weighted by molar-refractivity contribution is 0.0635. The summed E-state index contributed by atoms with van der Waals surface area (Å²) in [5, 5.41) is 8.01. The normalized spacial score (nSPS) is 11.1. The molecule has 0 atom stereocenters. The minimum absolute atomic E-state index is 0.168. The van der Waals surface area contributed by atoms with E-state index in [2.05, 4.69) is 15.6 Å². The zero-order chi connectivity index (χ0) is 28.0. The molecule has 39 heavy (non-hydrogen) atoms. The van der Waals surface area contributed by atoms with Crippen LogP contribution in [-0.2, 0) is 11.2 Å². The van der Waals surface area contributed by atoms with E-state index in [9.17, 15) is 9.59 Å². The SMILES string of the molecule is Cc1ccc(-c2cc(C)ccc2C(=O)Nc2ccc(OCCc3csc(NC(=O)OC(C)(C)C)n3)cc2)cc1. The van der Waals surface area contributed by atoms with Crippen LogP contribution in [0.15, 0.2) is 72.1 Å². The van der Waals surface area contributed by atoms with Gasteiger partial charge in [-0.05, 0) is 76.1 Å². The molecule has 0 fully saturated rings. The van der Waals surface area contributed by atoms with Gasteiger partial charge in [-0.1, -0.05) is 47.5 Å². The van der Waals surface area contributed by atoms with Crippen LogP contribution in [0.1, 0.15) is 48.0 Å². The number of amides is 2. The molecule has 4 aromatic rings. The van der Waals surface area contributed by atoms with Crippen molar-refractivity contribution in [3.8, 4) is 16.9 Å². The maximum Gasteiger partial charge on any atom is 0.413 e. The standard InChI is InChI=1S/C31H33N3O4S/c1-20-6-9-22(10-7-20)27-18-21(2)8-15-26(27)28(35)32-23-11-13-25(14-12-23)37-17-16-24-19-39-29(33-24)34-30(36)38-31(3,4)5/h6-15,18-19H,16-17H2,1-5H3,(H,32,35)(H,33,34,36). The highest BCUT2D eigenvalue weighted by Crippen LogP contribution is 2.27. The lowest BCUT2D eigenvalue weighted by atomic mass is 9.96. The van der Waals surface area contributed by atoms with Crippen molar-refractivity contribution in [2.45, 2.75) is 46.6 Å². The molecular formula is C31H33N3O4S. The average Bonchev–Trinajstić information content (AvgIpc) is 3.31. The van der Waals surface area contributed by atoms with Crippen molar-refractivity contribution >= 4 is 34.2 Å². The molecule has 1 aromatic heterocycles. The highest BCUT2D eigenvalue weighted by molar-refractivity contribution is 7.13. The first-order chi connectivity index (χ1) is 18.6. The minimum atomic E-state index is -0.568. The van der Waals surface area contributed by atoms with Crippen LogP contribution >= 0.6 is 11.3 Å². The molecule has 0 unspecified atom stereocenters. The van der Waals surface area contributed by atoms with Crippen molar-refractivity contribution in [2.75, 3.05) is 17.2 Å². The van der Waals surface area contributed by atoms with Crippen LogP contribution in [0.2, 0.25) is 0 Å². The number of aryl methyl sites for hydroxylation is 2. The Morgan fingerprint density at radius 1 is 0.897 bits per heavy atom. The van der Waals surface area contributed by atoms with Gasteiger partial charge in [-0.25, -0.2) is 9.78 Å². The van der Waals surface area contributed by atoms with Crippen molar-refractivity contribution in [1.29, 1.82) is 0 Å². The number of thiazole rings is 1. The van der Waals surface area contributed by atoms with E-state index < -0.39 is 11.7 Å². The number of carbonyl (C=O) groups is 2. The van der Waals surface area contributed by atoms with Crippen LogP contribution in [0.3, 0.4) is 0 Å². The van der Waals surface area contributed by atoms with Crippen molar-refractivity contribution in [3.05, 3.63) is 94.5 Å². The van der Waals surface area contributed by atoms with Gasteiger partial charge in [0.25, 0.3) is 5.91 Å². The van der Waals surface area contributed by atoms with E-state index in [1.165, 1.54) is 16.9 Å². The van der Waals surface area contributed by atoms with Gasteiger partial charge in [0, 0.05) is 23.1 Å². The van der Waals surface area contributed by atoms with Gasteiger partial charge >= 0.3 is 6.09 Å². The van der Waals surface area contributed by atoms with Crippen LogP contribution in [-0.4, -0.2) is 29.2 Å². The number of rotatable bonds is 8. The summed E-state index contributed by atoms with van der Waals surface area (Å²) < 4.78 is 11.1. The van der Waals surface area contributed by atoms with Gasteiger partial charge in [-0.2, -0.15) is 0 Å². The number of hydrogen-bond acceptors (Lipinski definition) is 6. The number of aromatic nitrogens is 1. The maximum absolute atomic E-state index is 13.2. The molecule has 0 aliphatic rings. The molecule has 0 aliphatic carbocycles. The molecule has 2 N–H and O–H groups in total. The Hall–Kier alpha value is -4.17. The molecule has 2 amide bonds. The number of hydrogen-bond donors (Lipinski definition) is 2. The van der Waals surface area contributed by atoms with Crippen LogP contribution in [0.25, 0.3) is 11.1 Å². The Balaban J connectivity index is 1.31. The zero-order valence-electron chi connectivity index (χ0n) is 22.8. The summed E-state index contributed by atoms with van der Waals surface area (Å²) in [4.78, 5) is 29.5. The monoisotopic (exact) mass is 543 g/mol. The molecule has 0 bridgehead atoms. The van der Waals surface area contributed by atoms with E-state index in [-0.39, 0.29) is 5.91 Å². The Kier molecular flexibility index (Phi) is 8.66. The largest absolute Gasteiger partial charge is 0.493 e. The molecule has 1 heterocycles. The Labute approximate surface area is 233 Å². The first-order valence-electron chi connectivity index (χ1n) is 12.7. The number of anilines is 2. The highest BCUT2D eigenvalue weighted by atomic mass is 32.1. The topological polar surface area (TPSA) is 89.6 Å². The fourth-order valence-electron chi connectivity index (χ4n) is 3.80. The predicted molar refractivity (Wildman–Crippen MR) is 157 cm³/mol. The molecule has 202 valence electrons. The van der Waals surface area contributed by atoms with Crippen LogP contribution in [0.5, 0.6) is 5.75 Å². The molecule has 4 rings (SSSR count). The third-order valence-electron chi connectivity index (χ3n) is 5.68. The second-order valence-electron chi connectivity index (χ2n) is 10.3. The van der Waals surface area contributed by atoms with Gasteiger partial charge < -0.3 is 14.8 Å². The van der Waals surface area contributed by atoms with Gasteiger partial charge in [-0.15, -0.1) is 11.3 Å². The average molecular weight is 544 g/mol. The molecule has 0 spiro atoms. The Morgan fingerprint density at radius 3 is 2.28 bits per heavy atom. The molecule has 0 saturated carbocycles. The molecule has 3 aromatic carbocycles. The Bertz CT molecular complexity index is 1440. The first-order valence-corrected chi connectivity index (χ1v) is 13.6. The van der Waals surface area contributed by atoms with Crippen molar-refractivity contribution in [1.82, 2.24) is 4.98 Å². The number of carbonyl (C=O) groups excluding carboxylic acids is 2. The summed E-state index contributed by atoms with van der Waals surface area (Å²) in [6.45, 7) is 9.91. The Morgan fingerprint density at radius 2 is 1.59 bits per heavy atom. The predicted octanol–water partition coefficient (Wildman–Crippen LogP) is 7.65. The first kappa shape index (κ1) is 27.9. The summed E-state index contributed by atoms with van der Waals surface area (Å²) in [7, 11) is 0. The van der Waals surface area contributed by atoms with E-state index in [1.807, 2.05) is 107 Å². The molecule has 0 radical (unpaired) electrons. The summed E-state index contributed by atoms with van der Waals surface area (Å²) in [5.41, 5.74) is 5.72. The van der Waals surface area contributed by atoms with E-state index in [4.69, 9.17) is 9.47 Å². The van der Waals surface area contributed by atoms with E-state index >= 15 is 0 Å². The quantitative estimate of drug-likeness (QED) is 0.238. The highest BCUT2D eigenvalue weighted by Gasteiger charge is 2.17. The molecule has 7 nitrogen and oxygen atoms in total. The summed E-state index contributed by atoms with van der Waals surface area (Å²) in [6.07, 6.45) is 0.0563.